The molecule has 0 aliphatic rings. The second kappa shape index (κ2) is 19.6. The zero-order valence-corrected chi connectivity index (χ0v) is 9.23. The van der Waals surface area contributed by atoms with E-state index in [-0.39, 0.29) is 22.3 Å². The van der Waals surface area contributed by atoms with Crippen molar-refractivity contribution in [3.05, 3.63) is 0 Å². The fourth-order valence-electron chi connectivity index (χ4n) is 1.48. The molecular formula is C15H38. The van der Waals surface area contributed by atoms with E-state index in [1.807, 2.05) is 0 Å². The summed E-state index contributed by atoms with van der Waals surface area (Å²) in [5.41, 5.74) is 0. The molecule has 0 rings (SSSR count). The van der Waals surface area contributed by atoms with E-state index in [1.165, 1.54) is 51.4 Å². The molecule has 0 bridgehead atoms. The highest BCUT2D eigenvalue weighted by molar-refractivity contribution is 4.51. The predicted molar refractivity (Wildman–Crippen MR) is 77.6 cm³/mol. The molecule has 0 aromatic heterocycles. The molecule has 98 valence electrons. The van der Waals surface area contributed by atoms with Crippen LogP contribution in [0.3, 0.4) is 0 Å². The molecule has 0 aliphatic carbocycles. The van der Waals surface area contributed by atoms with Gasteiger partial charge in [-0.25, -0.2) is 0 Å². The third-order valence-corrected chi connectivity index (χ3v) is 2.75. The summed E-state index contributed by atoms with van der Waals surface area (Å²) in [5.74, 6) is 0.955. The Balaban J connectivity index is -0.000000202. The van der Waals surface area contributed by atoms with E-state index in [9.17, 15) is 0 Å². The molecule has 0 amide bonds. The highest BCUT2D eigenvalue weighted by atomic mass is 14.0. The highest BCUT2D eigenvalue weighted by Gasteiger charge is 1.97. The second-order valence-electron chi connectivity index (χ2n) is 4.07. The van der Waals surface area contributed by atoms with Crippen LogP contribution in [0.2, 0.25) is 0 Å². The molecule has 0 spiro atoms. The third kappa shape index (κ3) is 20.2. The van der Waals surface area contributed by atoms with Gasteiger partial charge in [0.05, 0.1) is 0 Å². The van der Waals surface area contributed by atoms with Crippen molar-refractivity contribution in [3.63, 3.8) is 0 Å². The lowest BCUT2D eigenvalue weighted by Gasteiger charge is -2.06. The van der Waals surface area contributed by atoms with Gasteiger partial charge in [-0.05, 0) is 5.92 Å². The molecular weight excluding hydrogens is 180 g/mol. The van der Waals surface area contributed by atoms with Gasteiger partial charge < -0.3 is 0 Å². The molecule has 0 heteroatoms. The zero-order chi connectivity index (χ0) is 9.23. The van der Waals surface area contributed by atoms with Gasteiger partial charge in [0.25, 0.3) is 0 Å². The van der Waals surface area contributed by atoms with Crippen molar-refractivity contribution in [2.45, 2.75) is 94.4 Å². The van der Waals surface area contributed by atoms with Crippen LogP contribution in [0.15, 0.2) is 0 Å². The van der Waals surface area contributed by atoms with Crippen molar-refractivity contribution in [2.75, 3.05) is 0 Å². The van der Waals surface area contributed by atoms with Crippen molar-refractivity contribution in [1.29, 1.82) is 0 Å². The number of hydrogen-bond acceptors (Lipinski definition) is 0. The average molecular weight is 218 g/mol. The highest BCUT2D eigenvalue weighted by Crippen LogP contribution is 2.13. The van der Waals surface area contributed by atoms with Gasteiger partial charge in [0, 0.05) is 0 Å². The van der Waals surface area contributed by atoms with Gasteiger partial charge in [-0.1, -0.05) is 94.4 Å². The van der Waals surface area contributed by atoms with Crippen LogP contribution in [-0.4, -0.2) is 0 Å². The summed E-state index contributed by atoms with van der Waals surface area (Å²) in [6, 6.07) is 0. The number of rotatable bonds is 8. The maximum atomic E-state index is 2.37. The molecule has 1 unspecified atom stereocenters. The van der Waals surface area contributed by atoms with Gasteiger partial charge in [0.15, 0.2) is 0 Å². The van der Waals surface area contributed by atoms with Gasteiger partial charge in [-0.15, -0.1) is 0 Å². The van der Waals surface area contributed by atoms with Crippen LogP contribution in [0.25, 0.3) is 0 Å². The topological polar surface area (TPSA) is 0 Å². The molecule has 0 saturated heterocycles. The maximum absolute atomic E-state index is 2.37. The van der Waals surface area contributed by atoms with E-state index in [1.54, 1.807) is 0 Å². The zero-order valence-electron chi connectivity index (χ0n) is 9.23. The Morgan fingerprint density at radius 3 is 1.67 bits per heavy atom. The largest absolute Gasteiger partial charge is 0.0776 e. The van der Waals surface area contributed by atoms with E-state index in [4.69, 9.17) is 0 Å². The Morgan fingerprint density at radius 1 is 0.733 bits per heavy atom. The van der Waals surface area contributed by atoms with Crippen LogP contribution in [0.1, 0.15) is 94.4 Å². The van der Waals surface area contributed by atoms with Crippen molar-refractivity contribution < 1.29 is 0 Å². The van der Waals surface area contributed by atoms with Gasteiger partial charge in [-0.2, -0.15) is 0 Å². The lowest BCUT2D eigenvalue weighted by atomic mass is 10.00. The fourth-order valence-corrected chi connectivity index (χ4v) is 1.48. The van der Waals surface area contributed by atoms with Crippen LogP contribution in [0.5, 0.6) is 0 Å². The first-order chi connectivity index (χ1) is 5.81. The van der Waals surface area contributed by atoms with Gasteiger partial charge >= 0.3 is 0 Å². The summed E-state index contributed by atoms with van der Waals surface area (Å²) in [6.07, 6.45) is 11.4. The SMILES string of the molecule is C.C.C.CCCCCCCCC(C)CC. The quantitative estimate of drug-likeness (QED) is 0.398. The molecule has 0 fully saturated rings. The van der Waals surface area contributed by atoms with Crippen LogP contribution < -0.4 is 0 Å². The smallest absolute Gasteiger partial charge is 0.0445 e. The summed E-state index contributed by atoms with van der Waals surface area (Å²) in [5, 5.41) is 0. The van der Waals surface area contributed by atoms with E-state index < -0.39 is 0 Å². The third-order valence-electron chi connectivity index (χ3n) is 2.75. The van der Waals surface area contributed by atoms with Crippen LogP contribution in [-0.2, 0) is 0 Å². The van der Waals surface area contributed by atoms with Gasteiger partial charge in [-0.3, -0.25) is 0 Å². The Labute approximate surface area is 101 Å². The first-order valence-corrected chi connectivity index (χ1v) is 5.81. The molecule has 0 radical (unpaired) electrons. The average Bonchev–Trinajstić information content (AvgIpc) is 2.10. The molecule has 0 aromatic rings. The maximum Gasteiger partial charge on any atom is -0.0445 e. The minimum Gasteiger partial charge on any atom is -0.0776 e. The molecule has 0 aliphatic heterocycles. The summed E-state index contributed by atoms with van der Waals surface area (Å²) in [6.45, 7) is 6.94. The van der Waals surface area contributed by atoms with E-state index >= 15 is 0 Å². The van der Waals surface area contributed by atoms with Crippen molar-refractivity contribution >= 4 is 0 Å². The van der Waals surface area contributed by atoms with Crippen molar-refractivity contribution in [2.24, 2.45) is 5.92 Å². The Hall–Kier alpha value is 0. The second-order valence-corrected chi connectivity index (χ2v) is 4.07. The molecule has 0 N–H and O–H groups in total. The first-order valence-electron chi connectivity index (χ1n) is 5.81. The molecule has 0 saturated carbocycles. The predicted octanol–water partition coefficient (Wildman–Crippen LogP) is 6.69. The summed E-state index contributed by atoms with van der Waals surface area (Å²) in [7, 11) is 0. The first kappa shape index (κ1) is 24.3. The standard InChI is InChI=1S/C12H26.3CH4/c1-4-6-7-8-9-10-11-12(3)5-2;;;/h12H,4-11H2,1-3H3;3*1H4. The van der Waals surface area contributed by atoms with Gasteiger partial charge in [0.2, 0.25) is 0 Å². The Kier molecular flexibility index (Phi) is 31.7. The normalized spacial score (nSPS) is 10.6. The molecule has 15 heavy (non-hydrogen) atoms. The molecule has 0 aromatic carbocycles. The lowest BCUT2D eigenvalue weighted by Crippen LogP contribution is -1.91. The van der Waals surface area contributed by atoms with Gasteiger partial charge in [0.1, 0.15) is 0 Å². The summed E-state index contributed by atoms with van der Waals surface area (Å²) < 4.78 is 0. The molecule has 0 nitrogen and oxygen atoms in total. The van der Waals surface area contributed by atoms with Crippen LogP contribution in [0.4, 0.5) is 0 Å². The lowest BCUT2D eigenvalue weighted by molar-refractivity contribution is 0.472. The Morgan fingerprint density at radius 2 is 1.20 bits per heavy atom. The molecule has 0 heterocycles. The summed E-state index contributed by atoms with van der Waals surface area (Å²) >= 11 is 0. The number of unbranched alkanes of at least 4 members (excludes halogenated alkanes) is 5. The van der Waals surface area contributed by atoms with Crippen molar-refractivity contribution in [1.82, 2.24) is 0 Å². The monoisotopic (exact) mass is 218 g/mol. The fraction of sp³-hybridized carbons (Fsp3) is 1.00. The number of hydrogen-bond donors (Lipinski definition) is 0. The van der Waals surface area contributed by atoms with E-state index in [0.717, 1.165) is 5.92 Å². The van der Waals surface area contributed by atoms with E-state index in [2.05, 4.69) is 20.8 Å². The minimum atomic E-state index is 0. The van der Waals surface area contributed by atoms with E-state index in [0.29, 0.717) is 0 Å². The summed E-state index contributed by atoms with van der Waals surface area (Å²) in [4.78, 5) is 0. The van der Waals surface area contributed by atoms with Crippen LogP contribution in [0, 0.1) is 5.92 Å². The van der Waals surface area contributed by atoms with Crippen LogP contribution >= 0.6 is 0 Å². The minimum absolute atomic E-state index is 0. The van der Waals surface area contributed by atoms with Crippen molar-refractivity contribution in [3.8, 4) is 0 Å². The molecule has 1 atom stereocenters. The Bertz CT molecular complexity index is 76.1.